The zero-order valence-electron chi connectivity index (χ0n) is 18.4. The molecule has 0 amide bonds. The number of nitrogens with one attached hydrogen (secondary N) is 1. The van der Waals surface area contributed by atoms with E-state index in [1.807, 2.05) is 30.3 Å². The minimum absolute atomic E-state index is 0.247. The number of allylic oxidation sites excluding steroid dienone is 1. The van der Waals surface area contributed by atoms with Gasteiger partial charge < -0.3 is 14.5 Å². The first kappa shape index (κ1) is 22.1. The van der Waals surface area contributed by atoms with Gasteiger partial charge in [-0.1, -0.05) is 42.5 Å². The van der Waals surface area contributed by atoms with Crippen LogP contribution in [0.5, 0.6) is 0 Å². The molecular weight excluding hydrogens is 462 g/mol. The third-order valence-corrected chi connectivity index (χ3v) is 6.35. The fourth-order valence-corrected chi connectivity index (χ4v) is 4.55. The largest absolute Gasteiger partial charge is 0.465 e. The minimum atomic E-state index is -0.503. The molecule has 35 heavy (non-hydrogen) atoms. The van der Waals surface area contributed by atoms with Crippen molar-refractivity contribution >= 4 is 50.3 Å². The van der Waals surface area contributed by atoms with Crippen LogP contribution in [0.3, 0.4) is 0 Å². The molecule has 5 aromatic rings. The van der Waals surface area contributed by atoms with Crippen molar-refractivity contribution in [2.75, 3.05) is 12.4 Å². The minimum Gasteiger partial charge on any atom is -0.465 e. The fourth-order valence-electron chi connectivity index (χ4n) is 3.76. The van der Waals surface area contributed by atoms with Crippen LogP contribution in [-0.2, 0) is 4.74 Å². The molecule has 0 aliphatic carbocycles. The summed E-state index contributed by atoms with van der Waals surface area (Å²) in [7, 11) is 1.30. The average Bonchev–Trinajstić information content (AvgIpc) is 3.38. The predicted molar refractivity (Wildman–Crippen MR) is 136 cm³/mol. The molecule has 2 heterocycles. The Bertz CT molecular complexity index is 1730. The van der Waals surface area contributed by atoms with Crippen molar-refractivity contribution in [1.82, 2.24) is 4.98 Å². The van der Waals surface area contributed by atoms with Gasteiger partial charge in [0, 0.05) is 17.0 Å². The highest BCUT2D eigenvalue weighted by molar-refractivity contribution is 7.11. The summed E-state index contributed by atoms with van der Waals surface area (Å²) in [4.78, 5) is 29.2. The molecule has 0 atom stereocenters. The van der Waals surface area contributed by atoms with Crippen molar-refractivity contribution in [3.05, 3.63) is 99.3 Å². The van der Waals surface area contributed by atoms with Crippen LogP contribution in [0.1, 0.15) is 15.4 Å². The van der Waals surface area contributed by atoms with Gasteiger partial charge in [0.05, 0.1) is 29.6 Å². The first-order valence-corrected chi connectivity index (χ1v) is 11.4. The Labute approximate surface area is 203 Å². The van der Waals surface area contributed by atoms with E-state index in [0.29, 0.717) is 33.1 Å². The highest BCUT2D eigenvalue weighted by atomic mass is 32.1. The molecule has 1 N–H and O–H groups in total. The van der Waals surface area contributed by atoms with Crippen molar-refractivity contribution in [1.29, 1.82) is 5.26 Å². The molecule has 5 rings (SSSR count). The lowest BCUT2D eigenvalue weighted by atomic mass is 10.0. The van der Waals surface area contributed by atoms with Gasteiger partial charge in [0.2, 0.25) is 0 Å². The van der Waals surface area contributed by atoms with Gasteiger partial charge in [-0.05, 0) is 35.0 Å². The third-order valence-electron chi connectivity index (χ3n) is 5.48. The van der Waals surface area contributed by atoms with Gasteiger partial charge in [-0.25, -0.2) is 14.6 Å². The molecule has 0 saturated carbocycles. The Hall–Kier alpha value is -4.74. The van der Waals surface area contributed by atoms with Crippen molar-refractivity contribution < 1.29 is 13.9 Å². The first-order valence-electron chi connectivity index (χ1n) is 10.5. The summed E-state index contributed by atoms with van der Waals surface area (Å²) < 4.78 is 10.4. The number of hydrogen-bond acceptors (Lipinski definition) is 8. The molecule has 0 fully saturated rings. The Morgan fingerprint density at radius 2 is 1.91 bits per heavy atom. The molecule has 2 aromatic heterocycles. The van der Waals surface area contributed by atoms with Crippen molar-refractivity contribution in [3.8, 4) is 17.3 Å². The number of thiazole rings is 1. The number of ether oxygens (including phenoxy) is 1. The van der Waals surface area contributed by atoms with Gasteiger partial charge in [0.1, 0.15) is 22.2 Å². The highest BCUT2D eigenvalue weighted by Gasteiger charge is 2.16. The maximum atomic E-state index is 12.7. The molecule has 8 heteroatoms. The maximum absolute atomic E-state index is 12.7. The number of para-hydroxylation sites is 1. The monoisotopic (exact) mass is 479 g/mol. The number of nitrogens with zero attached hydrogens (tertiary/aromatic N) is 2. The summed E-state index contributed by atoms with van der Waals surface area (Å²) in [6.45, 7) is 0. The van der Waals surface area contributed by atoms with Gasteiger partial charge in [-0.3, -0.25) is 0 Å². The molecule has 0 aliphatic heterocycles. The summed E-state index contributed by atoms with van der Waals surface area (Å²) in [6, 6.07) is 22.3. The number of nitriles is 1. The van der Waals surface area contributed by atoms with Gasteiger partial charge >= 0.3 is 11.6 Å². The molecule has 170 valence electrons. The topological polar surface area (TPSA) is 105 Å². The molecule has 0 radical (unpaired) electrons. The van der Waals surface area contributed by atoms with Crippen LogP contribution < -0.4 is 10.9 Å². The second-order valence-electron chi connectivity index (χ2n) is 7.54. The van der Waals surface area contributed by atoms with E-state index in [9.17, 15) is 14.9 Å². The summed E-state index contributed by atoms with van der Waals surface area (Å²) in [5, 5.41) is 17.6. The third kappa shape index (κ3) is 4.16. The molecule has 0 bridgehead atoms. The van der Waals surface area contributed by atoms with Crippen molar-refractivity contribution in [2.24, 2.45) is 0 Å². The van der Waals surface area contributed by atoms with E-state index >= 15 is 0 Å². The van der Waals surface area contributed by atoms with Crippen molar-refractivity contribution in [2.45, 2.75) is 0 Å². The zero-order valence-corrected chi connectivity index (χ0v) is 19.3. The smallest absolute Gasteiger partial charge is 0.345 e. The lowest BCUT2D eigenvalue weighted by molar-refractivity contribution is 0.0602. The van der Waals surface area contributed by atoms with Crippen LogP contribution in [0.25, 0.3) is 38.6 Å². The lowest BCUT2D eigenvalue weighted by Crippen LogP contribution is -2.05. The molecule has 7 nitrogen and oxygen atoms in total. The molecule has 0 spiro atoms. The SMILES string of the molecule is COC(=O)c1ccccc1N/C=C(\C#N)c1nc(-c2cc3c(ccc4ccccc43)oc2=O)cs1. The fraction of sp³-hybridized carbons (Fsp3) is 0.0370. The molecule has 0 unspecified atom stereocenters. The average molecular weight is 480 g/mol. The molecule has 3 aromatic carbocycles. The van der Waals surface area contributed by atoms with Crippen LogP contribution in [-0.4, -0.2) is 18.1 Å². The lowest BCUT2D eigenvalue weighted by Gasteiger charge is -2.07. The molecule has 0 aliphatic rings. The number of aromatic nitrogens is 1. The number of carbonyl (C=O) groups is 1. The summed E-state index contributed by atoms with van der Waals surface area (Å²) in [5.74, 6) is -0.493. The first-order chi connectivity index (χ1) is 17.1. The van der Waals surface area contributed by atoms with Gasteiger partial charge in [-0.15, -0.1) is 11.3 Å². The predicted octanol–water partition coefficient (Wildman–Crippen LogP) is 5.83. The second kappa shape index (κ2) is 9.25. The summed E-state index contributed by atoms with van der Waals surface area (Å²) >= 11 is 1.23. The number of carbonyl (C=O) groups excluding carboxylic acids is 1. The summed E-state index contributed by atoms with van der Waals surface area (Å²) in [6.07, 6.45) is 1.47. The zero-order chi connectivity index (χ0) is 24.4. The van der Waals surface area contributed by atoms with E-state index < -0.39 is 11.6 Å². The Kier molecular flexibility index (Phi) is 5.83. The number of esters is 1. The normalized spacial score (nSPS) is 11.4. The number of fused-ring (bicyclic) bond motifs is 3. The molecule has 0 saturated heterocycles. The van der Waals surface area contributed by atoms with E-state index in [0.717, 1.165) is 16.2 Å². The highest BCUT2D eigenvalue weighted by Crippen LogP contribution is 2.30. The maximum Gasteiger partial charge on any atom is 0.345 e. The number of methoxy groups -OCH3 is 1. The van der Waals surface area contributed by atoms with Crippen LogP contribution in [0.4, 0.5) is 5.69 Å². The van der Waals surface area contributed by atoms with Gasteiger partial charge in [-0.2, -0.15) is 5.26 Å². The van der Waals surface area contributed by atoms with E-state index in [4.69, 9.17) is 9.15 Å². The quantitative estimate of drug-likeness (QED) is 0.146. The Balaban J connectivity index is 1.52. The van der Waals surface area contributed by atoms with E-state index in [-0.39, 0.29) is 5.57 Å². The van der Waals surface area contributed by atoms with Crippen LogP contribution in [0.15, 0.2) is 87.5 Å². The van der Waals surface area contributed by atoms with Crippen molar-refractivity contribution in [3.63, 3.8) is 0 Å². The standard InChI is InChI=1S/C27H17N3O4S/c1-33-26(31)19-8-4-5-9-22(19)29-14-17(13-28)25-30-23(15-35-25)21-12-20-18-7-3-2-6-16(18)10-11-24(20)34-27(21)32/h2-12,14-15,29H,1H3/b17-14+. The summed E-state index contributed by atoms with van der Waals surface area (Å²) in [5.41, 5.74) is 1.81. The van der Waals surface area contributed by atoms with Crippen LogP contribution in [0.2, 0.25) is 0 Å². The van der Waals surface area contributed by atoms with E-state index in [1.165, 1.54) is 24.6 Å². The van der Waals surface area contributed by atoms with E-state index in [1.54, 1.807) is 41.8 Å². The number of hydrogen-bond donors (Lipinski definition) is 1. The second-order valence-corrected chi connectivity index (χ2v) is 8.39. The van der Waals surface area contributed by atoms with E-state index in [2.05, 4.69) is 16.4 Å². The Morgan fingerprint density at radius 1 is 1.11 bits per heavy atom. The van der Waals surface area contributed by atoms with Gasteiger partial charge in [0.25, 0.3) is 0 Å². The number of benzene rings is 3. The van der Waals surface area contributed by atoms with Crippen LogP contribution in [0, 0.1) is 11.3 Å². The van der Waals surface area contributed by atoms with Gasteiger partial charge in [0.15, 0.2) is 0 Å². The number of rotatable bonds is 5. The molecular formula is C27H17N3O4S. The number of anilines is 1. The van der Waals surface area contributed by atoms with Crippen LogP contribution >= 0.6 is 11.3 Å². The Morgan fingerprint density at radius 3 is 2.74 bits per heavy atom.